The van der Waals surface area contributed by atoms with Crippen molar-refractivity contribution in [1.82, 2.24) is 0 Å². The highest BCUT2D eigenvalue weighted by molar-refractivity contribution is 5.82. The van der Waals surface area contributed by atoms with Crippen molar-refractivity contribution in [3.63, 3.8) is 0 Å². The minimum Gasteiger partial charge on any atom is -0.466 e. The van der Waals surface area contributed by atoms with Crippen molar-refractivity contribution in [3.05, 3.63) is 0 Å². The number of cyclic esters (lactones) is 1. The molecule has 1 heterocycles. The van der Waals surface area contributed by atoms with Crippen LogP contribution in [0.15, 0.2) is 0 Å². The lowest BCUT2D eigenvalue weighted by Crippen LogP contribution is -2.09. The average Bonchev–Trinajstić information content (AvgIpc) is 2.28. The van der Waals surface area contributed by atoms with Crippen molar-refractivity contribution in [2.45, 2.75) is 64.2 Å². The molecule has 3 nitrogen and oxygen atoms in total. The fraction of sp³-hybridized carbons (Fsp3) is 0.846. The molecule has 0 aliphatic carbocycles. The molecule has 1 rings (SSSR count). The molecule has 0 unspecified atom stereocenters. The molecule has 0 aromatic carbocycles. The first-order valence-electron chi connectivity index (χ1n) is 6.46. The van der Waals surface area contributed by atoms with Gasteiger partial charge in [-0.15, -0.1) is 0 Å². The molecular formula is C13H22O3. The zero-order chi connectivity index (χ0) is 11.6. The van der Waals surface area contributed by atoms with Gasteiger partial charge in [0.2, 0.25) is 0 Å². The maximum absolute atomic E-state index is 11.4. The van der Waals surface area contributed by atoms with E-state index in [0.29, 0.717) is 19.4 Å². The van der Waals surface area contributed by atoms with Crippen LogP contribution in [0.4, 0.5) is 0 Å². The molecule has 1 aliphatic heterocycles. The predicted octanol–water partition coefficient (Wildman–Crippen LogP) is 3.01. The lowest BCUT2D eigenvalue weighted by Gasteiger charge is -2.06. The molecule has 16 heavy (non-hydrogen) atoms. The molecule has 0 amide bonds. The summed E-state index contributed by atoms with van der Waals surface area (Å²) < 4.78 is 5.04. The third-order valence-corrected chi connectivity index (χ3v) is 2.97. The van der Waals surface area contributed by atoms with Crippen LogP contribution in [-0.2, 0) is 14.3 Å². The van der Waals surface area contributed by atoms with Crippen molar-refractivity contribution >= 4 is 11.8 Å². The second-order valence-electron chi connectivity index (χ2n) is 4.48. The van der Waals surface area contributed by atoms with Crippen LogP contribution in [0.2, 0.25) is 0 Å². The van der Waals surface area contributed by atoms with Gasteiger partial charge in [-0.2, -0.15) is 0 Å². The molecule has 0 aromatic rings. The van der Waals surface area contributed by atoms with E-state index in [-0.39, 0.29) is 18.2 Å². The van der Waals surface area contributed by atoms with E-state index in [1.807, 2.05) is 0 Å². The molecule has 0 N–H and O–H groups in total. The van der Waals surface area contributed by atoms with Gasteiger partial charge in [-0.3, -0.25) is 9.59 Å². The molecule has 1 saturated heterocycles. The molecule has 0 aromatic heterocycles. The second-order valence-corrected chi connectivity index (χ2v) is 4.48. The number of Topliss-reactive ketones (excluding diaryl/α,β-unsaturated/α-hetero) is 1. The highest BCUT2D eigenvalue weighted by Crippen LogP contribution is 2.11. The predicted molar refractivity (Wildman–Crippen MR) is 62.1 cm³/mol. The SMILES string of the molecule is O=C1CCCCCCCCCOC(=O)CC1. The maximum atomic E-state index is 11.4. The van der Waals surface area contributed by atoms with E-state index in [0.717, 1.165) is 25.7 Å². The number of ketones is 1. The zero-order valence-electron chi connectivity index (χ0n) is 10.0. The van der Waals surface area contributed by atoms with Crippen LogP contribution in [0.3, 0.4) is 0 Å². The van der Waals surface area contributed by atoms with Crippen molar-refractivity contribution in [3.8, 4) is 0 Å². The summed E-state index contributed by atoms with van der Waals surface area (Å²) >= 11 is 0. The third-order valence-electron chi connectivity index (χ3n) is 2.97. The quantitative estimate of drug-likeness (QED) is 0.596. The van der Waals surface area contributed by atoms with E-state index in [9.17, 15) is 9.59 Å². The van der Waals surface area contributed by atoms with Gasteiger partial charge in [0.05, 0.1) is 13.0 Å². The highest BCUT2D eigenvalue weighted by atomic mass is 16.5. The number of carbonyl (C=O) groups is 2. The van der Waals surface area contributed by atoms with Crippen molar-refractivity contribution in [2.75, 3.05) is 6.61 Å². The van der Waals surface area contributed by atoms with E-state index in [1.165, 1.54) is 19.3 Å². The molecular weight excluding hydrogens is 204 g/mol. The van der Waals surface area contributed by atoms with Crippen LogP contribution in [0, 0.1) is 0 Å². The van der Waals surface area contributed by atoms with Gasteiger partial charge in [-0.1, -0.05) is 32.1 Å². The Balaban J connectivity index is 2.25. The zero-order valence-corrected chi connectivity index (χ0v) is 10.0. The molecule has 0 saturated carbocycles. The molecule has 3 heteroatoms. The third kappa shape index (κ3) is 6.59. The van der Waals surface area contributed by atoms with Gasteiger partial charge >= 0.3 is 5.97 Å². The first-order valence-corrected chi connectivity index (χ1v) is 6.46. The van der Waals surface area contributed by atoms with Crippen LogP contribution in [0.25, 0.3) is 0 Å². The summed E-state index contributed by atoms with van der Waals surface area (Å²) in [7, 11) is 0. The van der Waals surface area contributed by atoms with Crippen LogP contribution in [-0.4, -0.2) is 18.4 Å². The van der Waals surface area contributed by atoms with Crippen LogP contribution >= 0.6 is 0 Å². The first kappa shape index (κ1) is 13.2. The van der Waals surface area contributed by atoms with Crippen molar-refractivity contribution in [2.24, 2.45) is 0 Å². The minimum absolute atomic E-state index is 0.203. The summed E-state index contributed by atoms with van der Waals surface area (Å²) in [6.45, 7) is 0.521. The number of rotatable bonds is 0. The Hall–Kier alpha value is -0.860. The van der Waals surface area contributed by atoms with Crippen LogP contribution < -0.4 is 0 Å². The van der Waals surface area contributed by atoms with Gasteiger partial charge < -0.3 is 4.74 Å². The summed E-state index contributed by atoms with van der Waals surface area (Å²) in [6, 6.07) is 0. The molecule has 1 aliphatic rings. The summed E-state index contributed by atoms with van der Waals surface area (Å²) in [5.74, 6) is -0.0144. The number of carbonyl (C=O) groups excluding carboxylic acids is 2. The number of hydrogen-bond donors (Lipinski definition) is 0. The summed E-state index contributed by atoms with van der Waals surface area (Å²) in [5.41, 5.74) is 0. The maximum Gasteiger partial charge on any atom is 0.306 e. The minimum atomic E-state index is -0.217. The Morgan fingerprint density at radius 1 is 0.688 bits per heavy atom. The van der Waals surface area contributed by atoms with E-state index in [4.69, 9.17) is 4.74 Å². The smallest absolute Gasteiger partial charge is 0.306 e. The van der Waals surface area contributed by atoms with Gasteiger partial charge in [-0.05, 0) is 12.8 Å². The van der Waals surface area contributed by atoms with Crippen molar-refractivity contribution < 1.29 is 14.3 Å². The lowest BCUT2D eigenvalue weighted by atomic mass is 10.0. The molecule has 0 radical (unpaired) electrons. The summed E-state index contributed by atoms with van der Waals surface area (Å²) in [5, 5.41) is 0. The first-order chi connectivity index (χ1) is 7.79. The summed E-state index contributed by atoms with van der Waals surface area (Å²) in [4.78, 5) is 22.6. The van der Waals surface area contributed by atoms with Gasteiger partial charge in [0, 0.05) is 12.8 Å². The molecule has 0 bridgehead atoms. The Morgan fingerprint density at radius 2 is 1.31 bits per heavy atom. The van der Waals surface area contributed by atoms with E-state index >= 15 is 0 Å². The Labute approximate surface area is 97.5 Å². The molecule has 0 spiro atoms. The standard InChI is InChI=1S/C13H22O3/c14-12-8-6-4-2-1-3-5-7-11-16-13(15)10-9-12/h1-11H2. The van der Waals surface area contributed by atoms with Gasteiger partial charge in [0.15, 0.2) is 0 Å². The van der Waals surface area contributed by atoms with E-state index in [1.54, 1.807) is 0 Å². The Morgan fingerprint density at radius 3 is 2.06 bits per heavy atom. The fourth-order valence-corrected chi connectivity index (χ4v) is 1.93. The highest BCUT2D eigenvalue weighted by Gasteiger charge is 2.08. The normalized spacial score (nSPS) is 22.2. The number of hydrogen-bond acceptors (Lipinski definition) is 3. The average molecular weight is 226 g/mol. The van der Waals surface area contributed by atoms with Gasteiger partial charge in [0.25, 0.3) is 0 Å². The van der Waals surface area contributed by atoms with Gasteiger partial charge in [-0.25, -0.2) is 0 Å². The van der Waals surface area contributed by atoms with Gasteiger partial charge in [0.1, 0.15) is 5.78 Å². The summed E-state index contributed by atoms with van der Waals surface area (Å²) in [6.07, 6.45) is 9.17. The lowest BCUT2D eigenvalue weighted by molar-refractivity contribution is -0.145. The largest absolute Gasteiger partial charge is 0.466 e. The molecule has 92 valence electrons. The van der Waals surface area contributed by atoms with E-state index in [2.05, 4.69) is 0 Å². The fourth-order valence-electron chi connectivity index (χ4n) is 1.93. The monoisotopic (exact) mass is 226 g/mol. The molecule has 1 fully saturated rings. The topological polar surface area (TPSA) is 43.4 Å². The Kier molecular flexibility index (Phi) is 6.86. The van der Waals surface area contributed by atoms with Crippen LogP contribution in [0.5, 0.6) is 0 Å². The number of esters is 1. The van der Waals surface area contributed by atoms with Crippen molar-refractivity contribution in [1.29, 1.82) is 0 Å². The molecule has 0 atom stereocenters. The Bertz CT molecular complexity index is 199. The number of ether oxygens (including phenoxy) is 1. The van der Waals surface area contributed by atoms with Crippen LogP contribution in [0.1, 0.15) is 64.2 Å². The second kappa shape index (κ2) is 8.31. The van der Waals surface area contributed by atoms with E-state index < -0.39 is 0 Å².